The van der Waals surface area contributed by atoms with Gasteiger partial charge in [0, 0.05) is 0 Å². The first-order chi connectivity index (χ1) is 15.1. The molecule has 3 aromatic rings. The number of hydrogen-bond acceptors (Lipinski definition) is 4. The molecule has 0 saturated carbocycles. The molecule has 0 aromatic heterocycles. The predicted octanol–water partition coefficient (Wildman–Crippen LogP) is -1.98. The Labute approximate surface area is 256 Å². The fraction of sp³-hybridized carbons (Fsp3) is 0.250. The van der Waals surface area contributed by atoms with Crippen molar-refractivity contribution >= 4 is 44.1 Å². The van der Waals surface area contributed by atoms with Gasteiger partial charge < -0.3 is 2.85 Å². The van der Waals surface area contributed by atoms with Crippen molar-refractivity contribution in [2.75, 3.05) is 0 Å². The van der Waals surface area contributed by atoms with Crippen molar-refractivity contribution in [1.29, 1.82) is 0 Å². The molecule has 0 aliphatic rings. The fourth-order valence-electron chi connectivity index (χ4n) is 4.13. The van der Waals surface area contributed by atoms with E-state index >= 15 is 0 Å². The Morgan fingerprint density at radius 3 is 1.29 bits per heavy atom. The molecule has 0 aliphatic heterocycles. The quantitative estimate of drug-likeness (QED) is 0.215. The van der Waals surface area contributed by atoms with Crippen molar-refractivity contribution in [3.8, 4) is 0 Å². The number of aryl methyl sites for hydroxylation is 6. The Hall–Kier alpha value is -0.0900. The standard InChI is InChI=1S/C24H27O6PS2.2Na.2H/c1-14-7-8-20(15(2)9-14)31(21-12-23(32(25,26)27)18(5)10-16(21)3)22-13-24(33(28,29)30)19(6)11-17(22)4;;;;/h7-13H,1-6H3,(H,25,26,27)(H,28,29,30);;;;/q;2*+1;2*-1. The van der Waals surface area contributed by atoms with Crippen molar-refractivity contribution < 1.29 is 87.9 Å². The maximum absolute atomic E-state index is 12.1. The molecule has 0 bridgehead atoms. The monoisotopic (exact) mass is 554 g/mol. The summed E-state index contributed by atoms with van der Waals surface area (Å²) in [5.74, 6) is 0. The zero-order chi connectivity index (χ0) is 24.9. The minimum absolute atomic E-state index is 0. The first kappa shape index (κ1) is 32.9. The minimum atomic E-state index is -4.46. The second-order valence-electron chi connectivity index (χ2n) is 8.38. The molecule has 0 fully saturated rings. The molecule has 0 atom stereocenters. The topological polar surface area (TPSA) is 109 Å². The van der Waals surface area contributed by atoms with Gasteiger partial charge in [-0.3, -0.25) is 9.11 Å². The van der Waals surface area contributed by atoms with Gasteiger partial charge in [0.15, 0.2) is 0 Å². The van der Waals surface area contributed by atoms with Crippen LogP contribution in [-0.4, -0.2) is 25.9 Å². The van der Waals surface area contributed by atoms with Crippen molar-refractivity contribution in [2.24, 2.45) is 0 Å². The van der Waals surface area contributed by atoms with Crippen LogP contribution in [0.1, 0.15) is 36.2 Å². The van der Waals surface area contributed by atoms with Gasteiger partial charge in [-0.1, -0.05) is 35.9 Å². The van der Waals surface area contributed by atoms with Crippen molar-refractivity contribution in [1.82, 2.24) is 0 Å². The maximum atomic E-state index is 12.1. The molecule has 0 unspecified atom stereocenters. The molecule has 6 nitrogen and oxygen atoms in total. The zero-order valence-electron chi connectivity index (χ0n) is 23.3. The summed E-state index contributed by atoms with van der Waals surface area (Å²) >= 11 is 0. The van der Waals surface area contributed by atoms with Crippen LogP contribution in [-0.2, 0) is 20.2 Å². The third-order valence-corrected chi connectivity index (χ3v) is 10.5. The number of benzene rings is 3. The SMILES string of the molecule is Cc1ccc(P(c2cc(S(=O)(=O)O)c(C)cc2C)c2cc(S(=O)(=O)O)c(C)cc2C)c(C)c1.[H-].[H-].[Na+].[Na+]. The van der Waals surface area contributed by atoms with Gasteiger partial charge in [-0.2, -0.15) is 16.8 Å². The van der Waals surface area contributed by atoms with E-state index in [1.807, 2.05) is 45.9 Å². The van der Waals surface area contributed by atoms with Gasteiger partial charge >= 0.3 is 59.1 Å². The molecule has 0 heterocycles. The Bertz CT molecular complexity index is 1410. The molecule has 2 N–H and O–H groups in total. The van der Waals surface area contributed by atoms with Crippen LogP contribution in [0.4, 0.5) is 0 Å². The Kier molecular flexibility index (Phi) is 11.5. The van der Waals surface area contributed by atoms with Crippen LogP contribution >= 0.6 is 7.92 Å². The van der Waals surface area contributed by atoms with Gasteiger partial charge in [0.1, 0.15) is 0 Å². The van der Waals surface area contributed by atoms with E-state index in [0.29, 0.717) is 21.7 Å². The second kappa shape index (κ2) is 12.2. The van der Waals surface area contributed by atoms with Gasteiger partial charge in [0.2, 0.25) is 0 Å². The average Bonchev–Trinajstić information content (AvgIpc) is 2.64. The van der Waals surface area contributed by atoms with Crippen LogP contribution in [0.25, 0.3) is 0 Å². The molecule has 0 saturated heterocycles. The maximum Gasteiger partial charge on any atom is 1.00 e. The van der Waals surface area contributed by atoms with Gasteiger partial charge in [0.25, 0.3) is 20.2 Å². The van der Waals surface area contributed by atoms with Crippen molar-refractivity contribution in [3.05, 3.63) is 75.8 Å². The summed E-state index contributed by atoms with van der Waals surface area (Å²) in [7, 11) is -10.3. The van der Waals surface area contributed by atoms with E-state index in [-0.39, 0.29) is 71.8 Å². The molecular weight excluding hydrogens is 525 g/mol. The van der Waals surface area contributed by atoms with E-state index in [0.717, 1.165) is 27.6 Å². The van der Waals surface area contributed by atoms with Crippen molar-refractivity contribution in [3.63, 3.8) is 0 Å². The van der Waals surface area contributed by atoms with E-state index in [2.05, 4.69) is 0 Å². The average molecular weight is 555 g/mol. The number of hydrogen-bond donors (Lipinski definition) is 2. The Morgan fingerprint density at radius 2 is 0.943 bits per heavy atom. The second-order valence-corrected chi connectivity index (χ2v) is 13.3. The van der Waals surface area contributed by atoms with Crippen LogP contribution < -0.4 is 75.0 Å². The molecule has 35 heavy (non-hydrogen) atoms. The van der Waals surface area contributed by atoms with Crippen LogP contribution in [0.3, 0.4) is 0 Å². The first-order valence-corrected chi connectivity index (χ1v) is 14.4. The minimum Gasteiger partial charge on any atom is -1.00 e. The normalized spacial score (nSPS) is 11.7. The molecule has 0 aliphatic carbocycles. The summed E-state index contributed by atoms with van der Waals surface area (Å²) in [6.45, 7) is 10.9. The summed E-state index contributed by atoms with van der Waals surface area (Å²) in [4.78, 5) is -0.361. The summed E-state index contributed by atoms with van der Waals surface area (Å²) in [6.07, 6.45) is 0. The summed E-state index contributed by atoms with van der Waals surface area (Å²) < 4.78 is 67.9. The van der Waals surface area contributed by atoms with Gasteiger partial charge in [-0.05, 0) is 105 Å². The van der Waals surface area contributed by atoms with Crippen LogP contribution in [0.15, 0.2) is 52.3 Å². The predicted molar refractivity (Wildman–Crippen MR) is 135 cm³/mol. The largest absolute Gasteiger partial charge is 1.00 e. The third-order valence-electron chi connectivity index (χ3n) is 5.62. The molecule has 0 spiro atoms. The molecule has 3 rings (SSSR count). The Morgan fingerprint density at radius 1 is 0.571 bits per heavy atom. The fourth-order valence-corrected chi connectivity index (χ4v) is 8.54. The van der Waals surface area contributed by atoms with Crippen LogP contribution in [0.2, 0.25) is 0 Å². The number of rotatable bonds is 5. The van der Waals surface area contributed by atoms with E-state index in [1.54, 1.807) is 26.0 Å². The molecular formula is C24H29Na2O6PS2. The van der Waals surface area contributed by atoms with Crippen molar-refractivity contribution in [2.45, 2.75) is 51.3 Å². The van der Waals surface area contributed by atoms with Gasteiger partial charge in [-0.15, -0.1) is 0 Å². The van der Waals surface area contributed by atoms with E-state index < -0.39 is 28.2 Å². The molecule has 11 heteroatoms. The molecule has 0 amide bonds. The first-order valence-electron chi connectivity index (χ1n) is 10.2. The molecule has 0 radical (unpaired) electrons. The van der Waals surface area contributed by atoms with E-state index in [1.165, 1.54) is 12.1 Å². The molecule has 180 valence electrons. The Balaban J connectivity index is 0. The van der Waals surface area contributed by atoms with Gasteiger partial charge in [-0.25, -0.2) is 0 Å². The van der Waals surface area contributed by atoms with E-state index in [4.69, 9.17) is 0 Å². The smallest absolute Gasteiger partial charge is 1.00 e. The van der Waals surface area contributed by atoms with Crippen LogP contribution in [0.5, 0.6) is 0 Å². The summed E-state index contributed by atoms with van der Waals surface area (Å²) in [5.41, 5.74) is 4.52. The zero-order valence-corrected chi connectivity index (χ0v) is 27.9. The molecule has 3 aromatic carbocycles. The summed E-state index contributed by atoms with van der Waals surface area (Å²) in [5, 5.41) is 2.30. The van der Waals surface area contributed by atoms with Gasteiger partial charge in [0.05, 0.1) is 9.79 Å². The van der Waals surface area contributed by atoms with Crippen LogP contribution in [0, 0.1) is 41.5 Å². The third kappa shape index (κ3) is 7.27. The van der Waals surface area contributed by atoms with E-state index in [9.17, 15) is 25.9 Å². The summed E-state index contributed by atoms with van der Waals surface area (Å²) in [6, 6.07) is 12.3.